The fourth-order valence-electron chi connectivity index (χ4n) is 11.9. The molecule has 4 aliphatic rings. The van der Waals surface area contributed by atoms with Gasteiger partial charge in [-0.25, -0.2) is 9.69 Å². The van der Waals surface area contributed by atoms with Crippen molar-refractivity contribution in [2.75, 3.05) is 25.2 Å². The van der Waals surface area contributed by atoms with E-state index in [0.29, 0.717) is 48.0 Å². The first kappa shape index (κ1) is 59.7. The number of pyridine rings is 1. The molecule has 6 aromatic rings. The van der Waals surface area contributed by atoms with E-state index in [1.54, 1.807) is 36.1 Å². The maximum atomic E-state index is 14.7. The molecule has 0 aliphatic carbocycles. The Morgan fingerprint density at radius 3 is 2.04 bits per heavy atom. The number of aliphatic hydroxyl groups excluding tert-OH is 1. The molecule has 444 valence electrons. The second-order valence-corrected chi connectivity index (χ2v) is 23.0. The fraction of sp³-hybridized carbons (Fsp3) is 0.397. The van der Waals surface area contributed by atoms with E-state index < -0.39 is 36.2 Å². The molecular formula is C68H75N5O12. The van der Waals surface area contributed by atoms with Gasteiger partial charge in [0, 0.05) is 62.5 Å². The summed E-state index contributed by atoms with van der Waals surface area (Å²) in [5.74, 6) is -0.628. The molecule has 5 aromatic carbocycles. The number of carbonyl (C=O) groups excluding carboxylic acids is 6. The standard InChI is InChI=1S/C68H75N5O12/c1-7-26-82-27-25-54(74)33-55(41(2)3)64(76)69-43(5)60(75)29-44-19-21-45(22-20-44)38-85-68(80)73-58-35-63(62(81-6)34-57(58)66(78)72-37-50-16-11-9-14-47(50)31-59(72)67(73)79)84-40-52-18-12-17-51(70-52)39-83-61-32-48-23-24-53-30-46-13-8-10-15-49(46)36-71(53)65(77)56(48)28-42(61)4/h8-22,28,32,34-35,41,43,53,55,59,67,79H,7,23-27,29-31,33,36-40H2,1-6H3,(H,69,76)/t43-,53+,55-,59-,67?/m0/s1. The number of methoxy groups -OCH3 is 1. The minimum Gasteiger partial charge on any atom is -0.493 e. The highest BCUT2D eigenvalue weighted by molar-refractivity contribution is 6.06. The monoisotopic (exact) mass is 1150 g/mol. The number of carbonyl (C=O) groups is 6. The van der Waals surface area contributed by atoms with Gasteiger partial charge in [-0.15, -0.1) is 0 Å². The lowest BCUT2D eigenvalue weighted by Gasteiger charge is -2.39. The van der Waals surface area contributed by atoms with E-state index in [-0.39, 0.29) is 110 Å². The average Bonchev–Trinajstić information content (AvgIpc) is 2.03. The fourth-order valence-corrected chi connectivity index (χ4v) is 11.9. The lowest BCUT2D eigenvalue weighted by Crippen LogP contribution is -2.55. The Morgan fingerprint density at radius 2 is 1.35 bits per heavy atom. The number of hydrogen-bond donors (Lipinski definition) is 2. The van der Waals surface area contributed by atoms with Crippen molar-refractivity contribution in [3.8, 4) is 17.2 Å². The summed E-state index contributed by atoms with van der Waals surface area (Å²) >= 11 is 0. The smallest absolute Gasteiger partial charge is 0.416 e. The summed E-state index contributed by atoms with van der Waals surface area (Å²) < 4.78 is 30.0. The average molecular weight is 1150 g/mol. The number of aryl methyl sites for hydroxylation is 2. The molecule has 4 amide bonds. The number of benzene rings is 5. The number of ketones is 2. The molecule has 0 radical (unpaired) electrons. The Kier molecular flexibility index (Phi) is 18.7. The van der Waals surface area contributed by atoms with Crippen LogP contribution in [0.25, 0.3) is 0 Å². The number of nitrogens with zero attached hydrogens (tertiary/aromatic N) is 4. The van der Waals surface area contributed by atoms with E-state index in [1.165, 1.54) is 30.4 Å². The van der Waals surface area contributed by atoms with Crippen LogP contribution >= 0.6 is 0 Å². The Bertz CT molecular complexity index is 3470. The molecule has 0 bridgehead atoms. The van der Waals surface area contributed by atoms with Crippen LogP contribution in [-0.2, 0) is 82.5 Å². The number of rotatable bonds is 22. The zero-order valence-corrected chi connectivity index (χ0v) is 49.3. The molecule has 5 atom stereocenters. The Hall–Kier alpha value is -8.41. The molecule has 1 aromatic heterocycles. The number of hydrogen-bond acceptors (Lipinski definition) is 13. The highest BCUT2D eigenvalue weighted by Crippen LogP contribution is 2.42. The van der Waals surface area contributed by atoms with Gasteiger partial charge < -0.3 is 43.9 Å². The number of ether oxygens (including phenoxy) is 5. The van der Waals surface area contributed by atoms with Crippen molar-refractivity contribution in [1.29, 1.82) is 0 Å². The zero-order valence-electron chi connectivity index (χ0n) is 49.3. The van der Waals surface area contributed by atoms with Crippen LogP contribution in [0.5, 0.6) is 17.2 Å². The SMILES string of the molecule is CCCOCCC(=O)C[C@H](C(=O)N[C@@H](C)C(=O)Cc1ccc(COC(=O)N2c3cc(OCc4cccc(COc5cc6c(cc5C)C(=O)N5Cc7ccccc7C[C@H]5CC6)n4)c(OC)cc3C(=O)N3Cc4ccccc4C[C@H]3C2O)cc1)C(C)C. The maximum absolute atomic E-state index is 14.7. The van der Waals surface area contributed by atoms with Crippen LogP contribution in [0.1, 0.15) is 130 Å². The molecule has 0 fully saturated rings. The normalized spacial score (nSPS) is 17.6. The highest BCUT2D eigenvalue weighted by atomic mass is 16.6. The maximum Gasteiger partial charge on any atom is 0.416 e. The predicted octanol–water partition coefficient (Wildman–Crippen LogP) is 9.78. The first-order valence-electron chi connectivity index (χ1n) is 29.5. The third-order valence-electron chi connectivity index (χ3n) is 16.8. The topological polar surface area (TPSA) is 203 Å². The van der Waals surface area contributed by atoms with Gasteiger partial charge in [-0.1, -0.05) is 99.6 Å². The van der Waals surface area contributed by atoms with Crippen LogP contribution in [-0.4, -0.2) is 99.9 Å². The van der Waals surface area contributed by atoms with Gasteiger partial charge >= 0.3 is 6.09 Å². The van der Waals surface area contributed by atoms with E-state index in [9.17, 15) is 33.9 Å². The van der Waals surface area contributed by atoms with E-state index in [4.69, 9.17) is 28.7 Å². The molecule has 0 saturated carbocycles. The van der Waals surface area contributed by atoms with Gasteiger partial charge in [-0.3, -0.25) is 29.0 Å². The van der Waals surface area contributed by atoms with Crippen molar-refractivity contribution in [2.45, 2.75) is 143 Å². The van der Waals surface area contributed by atoms with E-state index >= 15 is 0 Å². The number of nitrogens with one attached hydrogen (secondary N) is 1. The molecule has 4 aliphatic heterocycles. The number of anilines is 1. The molecule has 17 nitrogen and oxygen atoms in total. The molecule has 1 unspecified atom stereocenters. The molecule has 17 heteroatoms. The molecule has 10 rings (SSSR count). The van der Waals surface area contributed by atoms with Crippen molar-refractivity contribution >= 4 is 41.1 Å². The van der Waals surface area contributed by atoms with Crippen LogP contribution in [0, 0.1) is 18.8 Å². The number of fused-ring (bicyclic) bond motifs is 6. The van der Waals surface area contributed by atoms with Gasteiger partial charge in [-0.2, -0.15) is 0 Å². The second-order valence-electron chi connectivity index (χ2n) is 23.0. The van der Waals surface area contributed by atoms with Crippen LogP contribution in [0.4, 0.5) is 10.5 Å². The number of aromatic nitrogens is 1. The van der Waals surface area contributed by atoms with Crippen molar-refractivity contribution in [3.05, 3.63) is 182 Å². The summed E-state index contributed by atoms with van der Waals surface area (Å²) in [5, 5.41) is 15.2. The second kappa shape index (κ2) is 26.7. The number of aliphatic hydroxyl groups is 1. The van der Waals surface area contributed by atoms with Crippen molar-refractivity contribution in [3.63, 3.8) is 0 Å². The van der Waals surface area contributed by atoms with Crippen LogP contribution in [0.2, 0.25) is 0 Å². The van der Waals surface area contributed by atoms with E-state index in [1.807, 2.05) is 93.3 Å². The molecule has 0 saturated heterocycles. The van der Waals surface area contributed by atoms with Gasteiger partial charge in [0.1, 0.15) is 31.4 Å². The van der Waals surface area contributed by atoms with Gasteiger partial charge in [0.2, 0.25) is 5.91 Å². The molecule has 2 N–H and O–H groups in total. The number of amides is 4. The van der Waals surface area contributed by atoms with Crippen LogP contribution in [0.15, 0.2) is 115 Å². The van der Waals surface area contributed by atoms with Gasteiger partial charge in [0.25, 0.3) is 11.8 Å². The minimum atomic E-state index is -1.55. The number of Topliss-reactive ketones (excluding diaryl/α,β-unsaturated/α-hetero) is 2. The largest absolute Gasteiger partial charge is 0.493 e. The first-order valence-corrected chi connectivity index (χ1v) is 29.5. The van der Waals surface area contributed by atoms with E-state index in [2.05, 4.69) is 23.5 Å². The van der Waals surface area contributed by atoms with Crippen molar-refractivity contribution in [1.82, 2.24) is 20.1 Å². The Labute approximate surface area is 496 Å². The summed E-state index contributed by atoms with van der Waals surface area (Å²) in [6.07, 6.45) is 1.43. The van der Waals surface area contributed by atoms with Gasteiger partial charge in [0.15, 0.2) is 23.5 Å². The molecule has 5 heterocycles. The zero-order chi connectivity index (χ0) is 59.9. The quantitative estimate of drug-likeness (QED) is 0.0609. The molecule has 85 heavy (non-hydrogen) atoms. The highest BCUT2D eigenvalue weighted by Gasteiger charge is 2.46. The van der Waals surface area contributed by atoms with Crippen molar-refractivity contribution < 1.29 is 57.6 Å². The summed E-state index contributed by atoms with van der Waals surface area (Å²) in [5.41, 5.74) is 9.52. The van der Waals surface area contributed by atoms with Crippen LogP contribution < -0.4 is 24.4 Å². The lowest BCUT2D eigenvalue weighted by molar-refractivity contribution is -0.133. The van der Waals surface area contributed by atoms with Crippen molar-refractivity contribution in [2.24, 2.45) is 11.8 Å². The minimum absolute atomic E-state index is 0.0216. The summed E-state index contributed by atoms with van der Waals surface area (Å²) in [6.45, 7) is 10.9. The lowest BCUT2D eigenvalue weighted by atomic mass is 9.88. The molecule has 0 spiro atoms. The molecular weight excluding hydrogens is 1080 g/mol. The predicted molar refractivity (Wildman–Crippen MR) is 318 cm³/mol. The Morgan fingerprint density at radius 1 is 0.706 bits per heavy atom. The summed E-state index contributed by atoms with van der Waals surface area (Å²) in [7, 11) is 1.46. The third kappa shape index (κ3) is 13.6. The third-order valence-corrected chi connectivity index (χ3v) is 16.8. The van der Waals surface area contributed by atoms with Gasteiger partial charge in [-0.05, 0) is 127 Å². The van der Waals surface area contributed by atoms with Crippen LogP contribution in [0.3, 0.4) is 0 Å². The van der Waals surface area contributed by atoms with E-state index in [0.717, 1.165) is 58.4 Å². The first-order chi connectivity index (χ1) is 41.1. The summed E-state index contributed by atoms with van der Waals surface area (Å²) in [6, 6.07) is 34.0. The van der Waals surface area contributed by atoms with Gasteiger partial charge in [0.05, 0.1) is 48.4 Å². The Balaban J connectivity index is 0.809. The summed E-state index contributed by atoms with van der Waals surface area (Å²) in [4.78, 5) is 92.3.